The van der Waals surface area contributed by atoms with Gasteiger partial charge in [0.25, 0.3) is 0 Å². The lowest BCUT2D eigenvalue weighted by atomic mass is 9.85. The van der Waals surface area contributed by atoms with Crippen molar-refractivity contribution in [3.8, 4) is 0 Å². The molecule has 1 fully saturated rings. The summed E-state index contributed by atoms with van der Waals surface area (Å²) < 4.78 is 2.60. The van der Waals surface area contributed by atoms with Crippen LogP contribution < -0.4 is 0 Å². The van der Waals surface area contributed by atoms with E-state index < -0.39 is 0 Å². The summed E-state index contributed by atoms with van der Waals surface area (Å²) in [6.45, 7) is 7.99. The molecule has 150 valence electrons. The Bertz CT molecular complexity index is 483. The highest BCUT2D eigenvalue weighted by molar-refractivity contribution is 5.22. The quantitative estimate of drug-likeness (QED) is 0.329. The molecule has 0 aromatic carbocycles. The molecule has 0 unspecified atom stereocenters. The summed E-state index contributed by atoms with van der Waals surface area (Å²) in [6.07, 6.45) is 22.3. The molecule has 1 aromatic heterocycles. The van der Waals surface area contributed by atoms with E-state index >= 15 is 0 Å². The second-order valence-electron chi connectivity index (χ2n) is 8.51. The summed E-state index contributed by atoms with van der Waals surface area (Å²) in [5.74, 6) is 2.04. The van der Waals surface area contributed by atoms with Crippen LogP contribution in [-0.2, 0) is 13.0 Å². The van der Waals surface area contributed by atoms with Crippen LogP contribution in [0, 0.1) is 6.92 Å². The second-order valence-corrected chi connectivity index (χ2v) is 8.51. The van der Waals surface area contributed by atoms with Gasteiger partial charge in [-0.2, -0.15) is 0 Å². The zero-order chi connectivity index (χ0) is 18.6. The molecule has 1 heterocycles. The van der Waals surface area contributed by atoms with Crippen molar-refractivity contribution in [1.82, 2.24) is 9.55 Å². The van der Waals surface area contributed by atoms with Crippen LogP contribution in [0.3, 0.4) is 0 Å². The van der Waals surface area contributed by atoms with Crippen molar-refractivity contribution in [2.24, 2.45) is 0 Å². The monoisotopic (exact) mass is 360 g/mol. The van der Waals surface area contributed by atoms with E-state index in [1.165, 1.54) is 114 Å². The predicted octanol–water partition coefficient (Wildman–Crippen LogP) is 7.72. The molecule has 0 saturated heterocycles. The SMILES string of the molecule is CCCCCCCCCCCCn1c(C)nc(CC)c1C1CCCCC1. The van der Waals surface area contributed by atoms with Gasteiger partial charge in [0.1, 0.15) is 5.82 Å². The normalized spacial score (nSPS) is 15.7. The van der Waals surface area contributed by atoms with E-state index in [4.69, 9.17) is 4.98 Å². The maximum atomic E-state index is 4.93. The Labute approximate surface area is 163 Å². The van der Waals surface area contributed by atoms with Crippen molar-refractivity contribution >= 4 is 0 Å². The van der Waals surface area contributed by atoms with Crippen molar-refractivity contribution in [3.63, 3.8) is 0 Å². The molecule has 1 aromatic rings. The maximum Gasteiger partial charge on any atom is 0.106 e. The molecule has 0 spiro atoms. The fourth-order valence-corrected chi connectivity index (χ4v) is 4.77. The molecule has 0 atom stereocenters. The van der Waals surface area contributed by atoms with E-state index in [-0.39, 0.29) is 0 Å². The molecule has 1 aliphatic rings. The van der Waals surface area contributed by atoms with Crippen LogP contribution in [0.4, 0.5) is 0 Å². The number of hydrogen-bond donors (Lipinski definition) is 0. The Balaban J connectivity index is 1.72. The van der Waals surface area contributed by atoms with E-state index in [9.17, 15) is 0 Å². The third kappa shape index (κ3) is 6.74. The number of nitrogens with zero attached hydrogens (tertiary/aromatic N) is 2. The van der Waals surface area contributed by atoms with Gasteiger partial charge in [0, 0.05) is 18.2 Å². The molecule has 1 saturated carbocycles. The van der Waals surface area contributed by atoms with Crippen molar-refractivity contribution in [2.45, 2.75) is 136 Å². The highest BCUT2D eigenvalue weighted by atomic mass is 15.1. The Kier molecular flexibility index (Phi) is 10.4. The van der Waals surface area contributed by atoms with Crippen LogP contribution >= 0.6 is 0 Å². The Hall–Kier alpha value is -0.790. The first-order valence-corrected chi connectivity index (χ1v) is 11.8. The number of hydrogen-bond acceptors (Lipinski definition) is 1. The van der Waals surface area contributed by atoms with Gasteiger partial charge in [0.05, 0.1) is 5.69 Å². The van der Waals surface area contributed by atoms with Gasteiger partial charge in [-0.05, 0) is 32.6 Å². The van der Waals surface area contributed by atoms with Gasteiger partial charge in [-0.3, -0.25) is 0 Å². The highest BCUT2D eigenvalue weighted by Crippen LogP contribution is 2.35. The van der Waals surface area contributed by atoms with Gasteiger partial charge in [0.2, 0.25) is 0 Å². The van der Waals surface area contributed by atoms with Crippen LogP contribution in [0.5, 0.6) is 0 Å². The first kappa shape index (κ1) is 21.5. The fourth-order valence-electron chi connectivity index (χ4n) is 4.77. The lowest BCUT2D eigenvalue weighted by Gasteiger charge is -2.24. The van der Waals surface area contributed by atoms with Crippen LogP contribution in [0.2, 0.25) is 0 Å². The Morgan fingerprint density at radius 1 is 0.808 bits per heavy atom. The molecular formula is C24H44N2. The van der Waals surface area contributed by atoms with Crippen molar-refractivity contribution in [3.05, 3.63) is 17.2 Å². The molecule has 26 heavy (non-hydrogen) atoms. The molecule has 2 nitrogen and oxygen atoms in total. The first-order chi connectivity index (χ1) is 12.8. The van der Waals surface area contributed by atoms with Gasteiger partial charge in [-0.15, -0.1) is 0 Å². The minimum atomic E-state index is 0.781. The van der Waals surface area contributed by atoms with E-state index in [0.717, 1.165) is 12.3 Å². The smallest absolute Gasteiger partial charge is 0.106 e. The van der Waals surface area contributed by atoms with Gasteiger partial charge < -0.3 is 4.57 Å². The molecule has 0 aliphatic heterocycles. The number of unbranched alkanes of at least 4 members (excludes halogenated alkanes) is 9. The molecule has 0 radical (unpaired) electrons. The van der Waals surface area contributed by atoms with Crippen LogP contribution in [-0.4, -0.2) is 9.55 Å². The standard InChI is InChI=1S/C24H44N2/c1-4-6-7-8-9-10-11-12-13-17-20-26-21(3)25-23(5-2)24(26)22-18-15-14-16-19-22/h22H,4-20H2,1-3H3. The number of aromatic nitrogens is 2. The summed E-state index contributed by atoms with van der Waals surface area (Å²) in [4.78, 5) is 4.93. The number of aryl methyl sites for hydroxylation is 2. The van der Waals surface area contributed by atoms with Crippen LogP contribution in [0.25, 0.3) is 0 Å². The topological polar surface area (TPSA) is 17.8 Å². The van der Waals surface area contributed by atoms with E-state index in [2.05, 4.69) is 25.3 Å². The summed E-state index contributed by atoms with van der Waals surface area (Å²) in [5.41, 5.74) is 3.00. The van der Waals surface area contributed by atoms with Crippen molar-refractivity contribution in [1.29, 1.82) is 0 Å². The average molecular weight is 361 g/mol. The zero-order valence-corrected chi connectivity index (χ0v) is 18.0. The predicted molar refractivity (Wildman–Crippen MR) is 114 cm³/mol. The summed E-state index contributed by atoms with van der Waals surface area (Å²) in [6, 6.07) is 0. The molecule has 2 rings (SSSR count). The van der Waals surface area contributed by atoms with Crippen LogP contribution in [0.1, 0.15) is 133 Å². The van der Waals surface area contributed by atoms with Gasteiger partial charge in [-0.1, -0.05) is 90.9 Å². The lowest BCUT2D eigenvalue weighted by molar-refractivity contribution is 0.415. The van der Waals surface area contributed by atoms with Crippen molar-refractivity contribution in [2.75, 3.05) is 0 Å². The fraction of sp³-hybridized carbons (Fsp3) is 0.875. The third-order valence-corrected chi connectivity index (χ3v) is 6.34. The Morgan fingerprint density at radius 2 is 1.38 bits per heavy atom. The van der Waals surface area contributed by atoms with E-state index in [1.54, 1.807) is 5.69 Å². The zero-order valence-electron chi connectivity index (χ0n) is 18.0. The molecule has 0 N–H and O–H groups in total. The molecule has 2 heteroatoms. The average Bonchev–Trinajstić information content (AvgIpc) is 2.99. The summed E-state index contributed by atoms with van der Waals surface area (Å²) in [5, 5.41) is 0. The molecular weight excluding hydrogens is 316 g/mol. The highest BCUT2D eigenvalue weighted by Gasteiger charge is 2.23. The van der Waals surface area contributed by atoms with Crippen molar-refractivity contribution < 1.29 is 0 Å². The number of imidazole rings is 1. The van der Waals surface area contributed by atoms with E-state index in [0.29, 0.717) is 0 Å². The minimum absolute atomic E-state index is 0.781. The summed E-state index contributed by atoms with van der Waals surface area (Å²) >= 11 is 0. The third-order valence-electron chi connectivity index (χ3n) is 6.34. The Morgan fingerprint density at radius 3 is 1.96 bits per heavy atom. The van der Waals surface area contributed by atoms with Gasteiger partial charge in [-0.25, -0.2) is 4.98 Å². The largest absolute Gasteiger partial charge is 0.332 e. The second kappa shape index (κ2) is 12.6. The van der Waals surface area contributed by atoms with Crippen LogP contribution in [0.15, 0.2) is 0 Å². The van der Waals surface area contributed by atoms with Gasteiger partial charge >= 0.3 is 0 Å². The first-order valence-electron chi connectivity index (χ1n) is 11.8. The van der Waals surface area contributed by atoms with Gasteiger partial charge in [0.15, 0.2) is 0 Å². The molecule has 0 bridgehead atoms. The summed E-state index contributed by atoms with van der Waals surface area (Å²) in [7, 11) is 0. The maximum absolute atomic E-state index is 4.93. The molecule has 0 amide bonds. The number of rotatable bonds is 13. The minimum Gasteiger partial charge on any atom is -0.332 e. The lowest BCUT2D eigenvalue weighted by Crippen LogP contribution is -2.14. The van der Waals surface area contributed by atoms with E-state index in [1.807, 2.05) is 0 Å². The molecule has 1 aliphatic carbocycles.